The van der Waals surface area contributed by atoms with Crippen molar-refractivity contribution in [1.29, 1.82) is 0 Å². The lowest BCUT2D eigenvalue weighted by Gasteiger charge is -2.17. The highest BCUT2D eigenvalue weighted by Gasteiger charge is 2.25. The van der Waals surface area contributed by atoms with E-state index in [1.807, 2.05) is 19.9 Å². The summed E-state index contributed by atoms with van der Waals surface area (Å²) in [6.07, 6.45) is 1.01. The van der Waals surface area contributed by atoms with Gasteiger partial charge in [0, 0.05) is 37.1 Å². The Bertz CT molecular complexity index is 687. The molecule has 0 radical (unpaired) electrons. The molecule has 4 nitrogen and oxygen atoms in total. The Hall–Kier alpha value is -2.07. The van der Waals surface area contributed by atoms with E-state index < -0.39 is 0 Å². The first-order valence-electron chi connectivity index (χ1n) is 8.26. The summed E-state index contributed by atoms with van der Waals surface area (Å²) in [6.45, 7) is 8.93. The van der Waals surface area contributed by atoms with E-state index in [9.17, 15) is 4.79 Å². The van der Waals surface area contributed by atoms with Gasteiger partial charge in [-0.25, -0.2) is 0 Å². The number of amides is 1. The number of benzene rings is 1. The van der Waals surface area contributed by atoms with E-state index >= 15 is 0 Å². The predicted octanol–water partition coefficient (Wildman–Crippen LogP) is 2.94. The molecule has 1 unspecified atom stereocenters. The van der Waals surface area contributed by atoms with Crippen LogP contribution in [0.15, 0.2) is 30.3 Å². The van der Waals surface area contributed by atoms with Gasteiger partial charge in [-0.3, -0.25) is 9.69 Å². The molecule has 0 spiro atoms. The molecule has 23 heavy (non-hydrogen) atoms. The molecule has 0 bridgehead atoms. The summed E-state index contributed by atoms with van der Waals surface area (Å²) in [5.41, 5.74) is 5.35. The zero-order chi connectivity index (χ0) is 16.4. The highest BCUT2D eigenvalue weighted by molar-refractivity contribution is 5.95. The number of hydrogen-bond acceptors (Lipinski definition) is 2. The van der Waals surface area contributed by atoms with E-state index in [0.29, 0.717) is 0 Å². The van der Waals surface area contributed by atoms with Crippen LogP contribution in [0.4, 0.5) is 0 Å². The van der Waals surface area contributed by atoms with Gasteiger partial charge in [-0.2, -0.15) is 0 Å². The minimum absolute atomic E-state index is 0.0361. The van der Waals surface area contributed by atoms with Gasteiger partial charge in [0.1, 0.15) is 0 Å². The molecule has 1 aliphatic heterocycles. The molecule has 1 saturated heterocycles. The molecule has 1 amide bonds. The van der Waals surface area contributed by atoms with Crippen LogP contribution in [0.25, 0.3) is 0 Å². The summed E-state index contributed by atoms with van der Waals surface area (Å²) < 4.78 is 0. The number of rotatable bonds is 4. The molecule has 0 aliphatic carbocycles. The van der Waals surface area contributed by atoms with Crippen molar-refractivity contribution >= 4 is 5.91 Å². The molecule has 1 fully saturated rings. The van der Waals surface area contributed by atoms with Crippen LogP contribution in [-0.2, 0) is 6.54 Å². The number of aromatic amines is 1. The van der Waals surface area contributed by atoms with Crippen molar-refractivity contribution in [2.75, 3.05) is 13.1 Å². The number of carbonyl (C=O) groups is 1. The monoisotopic (exact) mass is 311 g/mol. The van der Waals surface area contributed by atoms with Gasteiger partial charge in [-0.1, -0.05) is 29.8 Å². The van der Waals surface area contributed by atoms with Crippen molar-refractivity contribution in [2.24, 2.45) is 0 Å². The molecular formula is C19H25N3O. The van der Waals surface area contributed by atoms with E-state index in [-0.39, 0.29) is 11.9 Å². The Kier molecular flexibility index (Phi) is 4.53. The number of aromatic nitrogens is 1. The van der Waals surface area contributed by atoms with Crippen molar-refractivity contribution in [3.05, 3.63) is 58.4 Å². The summed E-state index contributed by atoms with van der Waals surface area (Å²) in [5.74, 6) is 0.0361. The van der Waals surface area contributed by atoms with Gasteiger partial charge in [0.2, 0.25) is 0 Å². The normalized spacial score (nSPS) is 18.3. The lowest BCUT2D eigenvalue weighted by atomic mass is 10.1. The minimum atomic E-state index is 0.0361. The van der Waals surface area contributed by atoms with Gasteiger partial charge < -0.3 is 10.3 Å². The van der Waals surface area contributed by atoms with Crippen LogP contribution in [-0.4, -0.2) is 34.9 Å². The zero-order valence-electron chi connectivity index (χ0n) is 14.1. The Morgan fingerprint density at radius 3 is 2.65 bits per heavy atom. The van der Waals surface area contributed by atoms with Gasteiger partial charge in [0.15, 0.2) is 0 Å². The topological polar surface area (TPSA) is 48.1 Å². The number of likely N-dealkylation sites (tertiary alicyclic amines) is 1. The van der Waals surface area contributed by atoms with Crippen molar-refractivity contribution in [3.63, 3.8) is 0 Å². The second-order valence-electron chi connectivity index (χ2n) is 6.67. The number of H-pyrrole nitrogens is 1. The van der Waals surface area contributed by atoms with Crippen molar-refractivity contribution in [2.45, 2.75) is 39.8 Å². The molecule has 3 rings (SSSR count). The third-order valence-corrected chi connectivity index (χ3v) is 4.53. The summed E-state index contributed by atoms with van der Waals surface area (Å²) in [5, 5.41) is 3.17. The van der Waals surface area contributed by atoms with Gasteiger partial charge >= 0.3 is 0 Å². The Balaban J connectivity index is 1.54. The van der Waals surface area contributed by atoms with Crippen molar-refractivity contribution in [3.8, 4) is 0 Å². The Labute approximate surface area is 137 Å². The second kappa shape index (κ2) is 6.59. The molecule has 1 aliphatic rings. The van der Waals surface area contributed by atoms with Crippen LogP contribution in [0, 0.1) is 20.8 Å². The lowest BCUT2D eigenvalue weighted by Crippen LogP contribution is -2.37. The van der Waals surface area contributed by atoms with Crippen LogP contribution in [0.5, 0.6) is 0 Å². The highest BCUT2D eigenvalue weighted by atomic mass is 16.1. The quantitative estimate of drug-likeness (QED) is 0.912. The number of hydrogen-bond donors (Lipinski definition) is 2. The Morgan fingerprint density at radius 1 is 1.26 bits per heavy atom. The fourth-order valence-corrected chi connectivity index (χ4v) is 3.27. The summed E-state index contributed by atoms with van der Waals surface area (Å²) in [6, 6.07) is 10.8. The van der Waals surface area contributed by atoms with Crippen molar-refractivity contribution in [1.82, 2.24) is 15.2 Å². The molecule has 2 N–H and O–H groups in total. The minimum Gasteiger partial charge on any atom is -0.362 e. The summed E-state index contributed by atoms with van der Waals surface area (Å²) >= 11 is 0. The molecule has 4 heteroatoms. The summed E-state index contributed by atoms with van der Waals surface area (Å²) in [4.78, 5) is 18.0. The van der Waals surface area contributed by atoms with Crippen LogP contribution in [0.3, 0.4) is 0 Å². The highest BCUT2D eigenvalue weighted by Crippen LogP contribution is 2.16. The van der Waals surface area contributed by atoms with Gasteiger partial charge in [0.05, 0.1) is 5.56 Å². The first kappa shape index (κ1) is 15.8. The lowest BCUT2D eigenvalue weighted by molar-refractivity contribution is 0.0937. The number of nitrogens with zero attached hydrogens (tertiary/aromatic N) is 1. The van der Waals surface area contributed by atoms with E-state index in [2.05, 4.69) is 46.4 Å². The largest absolute Gasteiger partial charge is 0.362 e. The molecular weight excluding hydrogens is 286 g/mol. The summed E-state index contributed by atoms with van der Waals surface area (Å²) in [7, 11) is 0. The van der Waals surface area contributed by atoms with Crippen LogP contribution >= 0.6 is 0 Å². The molecule has 2 heterocycles. The molecule has 0 saturated carbocycles. The number of carbonyl (C=O) groups excluding carboxylic acids is 1. The molecule has 1 aromatic heterocycles. The van der Waals surface area contributed by atoms with E-state index in [1.54, 1.807) is 0 Å². The average molecular weight is 311 g/mol. The smallest absolute Gasteiger partial charge is 0.253 e. The van der Waals surface area contributed by atoms with Crippen LogP contribution < -0.4 is 5.32 Å². The fraction of sp³-hybridized carbons (Fsp3) is 0.421. The number of aryl methyl sites for hydroxylation is 3. The standard InChI is InChI=1S/C19H25N3O/c1-13-4-6-16(7-5-13)11-22-9-8-17(12-22)21-19(23)18-10-14(2)20-15(18)3/h4-7,10,17,20H,8-9,11-12H2,1-3H3,(H,21,23). The van der Waals surface area contributed by atoms with Gasteiger partial charge in [-0.05, 0) is 38.8 Å². The van der Waals surface area contributed by atoms with Crippen LogP contribution in [0.1, 0.15) is 39.3 Å². The predicted molar refractivity (Wildman–Crippen MR) is 92.6 cm³/mol. The maximum Gasteiger partial charge on any atom is 0.253 e. The SMILES string of the molecule is Cc1ccc(CN2CCC(NC(=O)c3cc(C)[nH]c3C)C2)cc1. The third kappa shape index (κ3) is 3.82. The van der Waals surface area contributed by atoms with E-state index in [0.717, 1.165) is 43.0 Å². The van der Waals surface area contributed by atoms with Crippen molar-refractivity contribution < 1.29 is 4.79 Å². The van der Waals surface area contributed by atoms with E-state index in [1.165, 1.54) is 11.1 Å². The van der Waals surface area contributed by atoms with Gasteiger partial charge in [0.25, 0.3) is 5.91 Å². The molecule has 122 valence electrons. The third-order valence-electron chi connectivity index (χ3n) is 4.53. The first-order valence-corrected chi connectivity index (χ1v) is 8.26. The first-order chi connectivity index (χ1) is 11.0. The maximum absolute atomic E-state index is 12.4. The van der Waals surface area contributed by atoms with Crippen LogP contribution in [0.2, 0.25) is 0 Å². The molecule has 2 aromatic rings. The Morgan fingerprint density at radius 2 is 2.00 bits per heavy atom. The zero-order valence-corrected chi connectivity index (χ0v) is 14.1. The average Bonchev–Trinajstić information content (AvgIpc) is 3.07. The maximum atomic E-state index is 12.4. The second-order valence-corrected chi connectivity index (χ2v) is 6.67. The van der Waals surface area contributed by atoms with Gasteiger partial charge in [-0.15, -0.1) is 0 Å². The number of nitrogens with one attached hydrogen (secondary N) is 2. The van der Waals surface area contributed by atoms with E-state index in [4.69, 9.17) is 0 Å². The molecule has 1 atom stereocenters. The molecule has 1 aromatic carbocycles. The fourth-order valence-electron chi connectivity index (χ4n) is 3.27.